The number of nitrogens with one attached hydrogen (secondary N) is 2. The molecule has 0 radical (unpaired) electrons. The summed E-state index contributed by atoms with van der Waals surface area (Å²) in [6.07, 6.45) is -0.731. The summed E-state index contributed by atoms with van der Waals surface area (Å²) in [6.45, 7) is 5.57. The number of aryl methyl sites for hydroxylation is 1. The smallest absolute Gasteiger partial charge is 0.265 e. The molecule has 3 rings (SSSR count). The Balaban J connectivity index is 1.66. The van der Waals surface area contributed by atoms with E-state index in [1.54, 1.807) is 31.2 Å². The van der Waals surface area contributed by atoms with E-state index in [2.05, 4.69) is 10.0 Å². The first-order chi connectivity index (χ1) is 14.7. The van der Waals surface area contributed by atoms with Gasteiger partial charge in [-0.2, -0.15) is 0 Å². The van der Waals surface area contributed by atoms with Crippen LogP contribution in [-0.2, 0) is 14.8 Å². The summed E-state index contributed by atoms with van der Waals surface area (Å²) < 4.78 is 33.4. The van der Waals surface area contributed by atoms with Crippen molar-refractivity contribution in [3.8, 4) is 5.75 Å². The Morgan fingerprint density at radius 2 is 1.65 bits per heavy atom. The Labute approximate surface area is 187 Å². The summed E-state index contributed by atoms with van der Waals surface area (Å²) in [5.41, 5.74) is 2.80. The van der Waals surface area contributed by atoms with Crippen molar-refractivity contribution in [2.45, 2.75) is 31.8 Å². The molecule has 0 spiro atoms. The van der Waals surface area contributed by atoms with Crippen LogP contribution in [0.4, 0.5) is 11.4 Å². The molecule has 0 aliphatic heterocycles. The van der Waals surface area contributed by atoms with Crippen LogP contribution in [0.3, 0.4) is 0 Å². The van der Waals surface area contributed by atoms with E-state index in [-0.39, 0.29) is 10.8 Å². The number of carbonyl (C=O) groups excluding carboxylic acids is 1. The molecule has 0 aliphatic carbocycles. The van der Waals surface area contributed by atoms with Crippen LogP contribution in [0.15, 0.2) is 71.6 Å². The third-order valence-electron chi connectivity index (χ3n) is 4.78. The summed E-state index contributed by atoms with van der Waals surface area (Å²) in [4.78, 5) is 12.5. The van der Waals surface area contributed by atoms with E-state index in [4.69, 9.17) is 16.3 Å². The van der Waals surface area contributed by atoms with Gasteiger partial charge in [0.25, 0.3) is 15.9 Å². The maximum atomic E-state index is 12.6. The number of rotatable bonds is 7. The number of hydrogen-bond donors (Lipinski definition) is 2. The molecule has 1 amide bonds. The quantitative estimate of drug-likeness (QED) is 0.512. The lowest BCUT2D eigenvalue weighted by atomic mass is 10.1. The van der Waals surface area contributed by atoms with E-state index in [9.17, 15) is 13.2 Å². The molecule has 3 aromatic rings. The van der Waals surface area contributed by atoms with Gasteiger partial charge in [0.15, 0.2) is 6.10 Å². The predicted molar refractivity (Wildman–Crippen MR) is 123 cm³/mol. The molecule has 0 heterocycles. The van der Waals surface area contributed by atoms with Crippen LogP contribution in [-0.4, -0.2) is 20.4 Å². The van der Waals surface area contributed by atoms with E-state index in [0.717, 1.165) is 11.1 Å². The first-order valence-electron chi connectivity index (χ1n) is 9.58. The zero-order valence-corrected chi connectivity index (χ0v) is 18.9. The van der Waals surface area contributed by atoms with Crippen LogP contribution >= 0.6 is 11.6 Å². The summed E-state index contributed by atoms with van der Waals surface area (Å²) in [7, 11) is -3.82. The third kappa shape index (κ3) is 5.57. The molecule has 8 heteroatoms. The van der Waals surface area contributed by atoms with E-state index in [1.165, 1.54) is 24.3 Å². The fraction of sp³-hybridized carbons (Fsp3) is 0.174. The van der Waals surface area contributed by atoms with E-state index in [0.29, 0.717) is 22.1 Å². The molecular formula is C23H23ClN2O4S. The van der Waals surface area contributed by atoms with Gasteiger partial charge in [-0.1, -0.05) is 35.9 Å². The number of amides is 1. The lowest BCUT2D eigenvalue weighted by Crippen LogP contribution is -2.30. The normalized spacial score (nSPS) is 12.1. The van der Waals surface area contributed by atoms with Crippen LogP contribution in [0.5, 0.6) is 5.75 Å². The van der Waals surface area contributed by atoms with Crippen molar-refractivity contribution < 1.29 is 17.9 Å². The van der Waals surface area contributed by atoms with Crippen LogP contribution in [0.2, 0.25) is 5.02 Å². The average molecular weight is 459 g/mol. The third-order valence-corrected chi connectivity index (χ3v) is 6.49. The van der Waals surface area contributed by atoms with Gasteiger partial charge in [0.1, 0.15) is 5.75 Å². The molecular weight excluding hydrogens is 436 g/mol. The fourth-order valence-corrected chi connectivity index (χ4v) is 4.12. The molecule has 0 fully saturated rings. The molecule has 1 unspecified atom stereocenters. The second-order valence-corrected chi connectivity index (χ2v) is 9.15. The molecule has 162 valence electrons. The van der Waals surface area contributed by atoms with Gasteiger partial charge < -0.3 is 10.1 Å². The molecule has 2 N–H and O–H groups in total. The van der Waals surface area contributed by atoms with Crippen molar-refractivity contribution in [2.75, 3.05) is 10.0 Å². The maximum absolute atomic E-state index is 12.6. The molecule has 3 aromatic carbocycles. The van der Waals surface area contributed by atoms with E-state index < -0.39 is 16.1 Å². The molecule has 0 saturated heterocycles. The Hall–Kier alpha value is -3.03. The van der Waals surface area contributed by atoms with Gasteiger partial charge in [0, 0.05) is 5.69 Å². The second-order valence-electron chi connectivity index (χ2n) is 7.06. The molecule has 0 bridgehead atoms. The first kappa shape index (κ1) is 22.7. The highest BCUT2D eigenvalue weighted by Crippen LogP contribution is 2.25. The number of hydrogen-bond acceptors (Lipinski definition) is 4. The van der Waals surface area contributed by atoms with Crippen LogP contribution < -0.4 is 14.8 Å². The first-order valence-corrected chi connectivity index (χ1v) is 11.4. The lowest BCUT2D eigenvalue weighted by Gasteiger charge is -2.17. The molecule has 6 nitrogen and oxygen atoms in total. The Morgan fingerprint density at radius 1 is 0.968 bits per heavy atom. The summed E-state index contributed by atoms with van der Waals surface area (Å²) in [5, 5.41) is 3.03. The van der Waals surface area contributed by atoms with Crippen LogP contribution in [0.1, 0.15) is 18.1 Å². The van der Waals surface area contributed by atoms with Gasteiger partial charge in [-0.25, -0.2) is 8.42 Å². The Bertz CT molecular complexity index is 1190. The van der Waals surface area contributed by atoms with Gasteiger partial charge in [0.05, 0.1) is 15.6 Å². The number of carbonyl (C=O) groups is 1. The zero-order valence-electron chi connectivity index (χ0n) is 17.3. The molecule has 0 aliphatic rings. The topological polar surface area (TPSA) is 84.5 Å². The number of sulfonamides is 1. The zero-order chi connectivity index (χ0) is 22.6. The summed E-state index contributed by atoms with van der Waals surface area (Å²) in [5.74, 6) is 0.306. The number of halogens is 1. The van der Waals surface area contributed by atoms with Gasteiger partial charge in [0.2, 0.25) is 0 Å². The van der Waals surface area contributed by atoms with Crippen molar-refractivity contribution in [3.63, 3.8) is 0 Å². The summed E-state index contributed by atoms with van der Waals surface area (Å²) >= 11 is 6.02. The highest BCUT2D eigenvalue weighted by molar-refractivity contribution is 7.92. The highest BCUT2D eigenvalue weighted by atomic mass is 35.5. The molecule has 0 saturated carbocycles. The van der Waals surface area contributed by atoms with Crippen LogP contribution in [0.25, 0.3) is 0 Å². The van der Waals surface area contributed by atoms with Crippen molar-refractivity contribution in [3.05, 3.63) is 82.9 Å². The Morgan fingerprint density at radius 3 is 2.32 bits per heavy atom. The molecule has 0 aromatic heterocycles. The van der Waals surface area contributed by atoms with E-state index in [1.807, 2.05) is 32.0 Å². The minimum Gasteiger partial charge on any atom is -0.481 e. The van der Waals surface area contributed by atoms with Gasteiger partial charge in [-0.3, -0.25) is 9.52 Å². The summed E-state index contributed by atoms with van der Waals surface area (Å²) in [6, 6.07) is 18.1. The number of anilines is 2. The van der Waals surface area contributed by atoms with E-state index >= 15 is 0 Å². The van der Waals surface area contributed by atoms with Crippen molar-refractivity contribution in [1.29, 1.82) is 0 Å². The maximum Gasteiger partial charge on any atom is 0.265 e. The van der Waals surface area contributed by atoms with Gasteiger partial charge in [-0.15, -0.1) is 0 Å². The minimum atomic E-state index is -3.82. The molecule has 1 atom stereocenters. The number of ether oxygens (including phenoxy) is 1. The monoisotopic (exact) mass is 458 g/mol. The highest BCUT2D eigenvalue weighted by Gasteiger charge is 2.18. The van der Waals surface area contributed by atoms with Crippen LogP contribution in [0, 0.1) is 13.8 Å². The van der Waals surface area contributed by atoms with Crippen molar-refractivity contribution in [2.24, 2.45) is 0 Å². The van der Waals surface area contributed by atoms with Gasteiger partial charge >= 0.3 is 0 Å². The second kappa shape index (κ2) is 9.41. The van der Waals surface area contributed by atoms with Crippen molar-refractivity contribution >= 4 is 38.9 Å². The Kier molecular flexibility index (Phi) is 6.87. The minimum absolute atomic E-state index is 0.0464. The number of para-hydroxylation sites is 1. The number of benzene rings is 3. The van der Waals surface area contributed by atoms with Gasteiger partial charge in [-0.05, 0) is 74.4 Å². The standard InChI is InChI=1S/C23H23ClN2O4S/c1-15-7-6-10-22(16(15)2)30-17(3)23(27)25-18-11-13-19(14-12-18)31(28,29)26-21-9-5-4-8-20(21)24/h4-14,17,26H,1-3H3,(H,25,27). The SMILES string of the molecule is Cc1cccc(OC(C)C(=O)Nc2ccc(S(=O)(=O)Nc3ccccc3Cl)cc2)c1C. The lowest BCUT2D eigenvalue weighted by molar-refractivity contribution is -0.122. The average Bonchev–Trinajstić information content (AvgIpc) is 2.73. The fourth-order valence-electron chi connectivity index (χ4n) is 2.80. The molecule has 31 heavy (non-hydrogen) atoms. The largest absolute Gasteiger partial charge is 0.481 e. The van der Waals surface area contributed by atoms with Crippen molar-refractivity contribution in [1.82, 2.24) is 0 Å². The predicted octanol–water partition coefficient (Wildman–Crippen LogP) is 5.16.